The van der Waals surface area contributed by atoms with Crippen molar-refractivity contribution in [3.8, 4) is 17.9 Å². The highest BCUT2D eigenvalue weighted by atomic mass is 35.5. The molecule has 2 aromatic rings. The zero-order valence-corrected chi connectivity index (χ0v) is 11.8. The number of thiophene rings is 1. The summed E-state index contributed by atoms with van der Waals surface area (Å²) in [5.74, 6) is -0.0398. The van der Waals surface area contributed by atoms with Crippen molar-refractivity contribution in [2.75, 3.05) is 0 Å². The minimum Gasteiger partial charge on any atom is -0.506 e. The van der Waals surface area contributed by atoms with E-state index in [4.69, 9.17) is 22.1 Å². The van der Waals surface area contributed by atoms with E-state index >= 15 is 0 Å². The highest BCUT2D eigenvalue weighted by Crippen LogP contribution is 2.36. The summed E-state index contributed by atoms with van der Waals surface area (Å²) >= 11 is 6.87. The third kappa shape index (κ3) is 2.62. The van der Waals surface area contributed by atoms with Gasteiger partial charge in [0.25, 0.3) is 0 Å². The highest BCUT2D eigenvalue weighted by Gasteiger charge is 2.14. The van der Waals surface area contributed by atoms with Gasteiger partial charge in [0, 0.05) is 0 Å². The highest BCUT2D eigenvalue weighted by molar-refractivity contribution is 7.16. The fourth-order valence-electron chi connectivity index (χ4n) is 1.47. The van der Waals surface area contributed by atoms with E-state index in [2.05, 4.69) is 10.2 Å². The molecule has 0 amide bonds. The van der Waals surface area contributed by atoms with Crippen LogP contribution in [-0.4, -0.2) is 5.11 Å². The number of hydrogen-bond acceptors (Lipinski definition) is 6. The second-order valence-electron chi connectivity index (χ2n) is 3.80. The lowest BCUT2D eigenvalue weighted by molar-refractivity contribution is 0.475. The molecule has 0 saturated heterocycles. The van der Waals surface area contributed by atoms with Gasteiger partial charge in [0.05, 0.1) is 16.3 Å². The molecule has 5 nitrogen and oxygen atoms in total. The molecule has 0 saturated carbocycles. The van der Waals surface area contributed by atoms with Crippen LogP contribution in [0.2, 0.25) is 5.02 Å². The van der Waals surface area contributed by atoms with Gasteiger partial charge in [-0.2, -0.15) is 10.5 Å². The lowest BCUT2D eigenvalue weighted by Crippen LogP contribution is -1.76. The fraction of sp³-hybridized carbons (Fsp3) is 0.0769. The van der Waals surface area contributed by atoms with E-state index in [9.17, 15) is 5.11 Å². The number of hydrogen-bond donors (Lipinski definition) is 1. The molecule has 1 aromatic heterocycles. The molecule has 0 spiro atoms. The van der Waals surface area contributed by atoms with E-state index in [1.165, 1.54) is 12.1 Å². The number of rotatable bonds is 2. The number of azo groups is 1. The number of phenolic OH excluding ortho intramolecular Hbond substituents is 1. The molecule has 0 radical (unpaired) electrons. The second-order valence-corrected chi connectivity index (χ2v) is 5.20. The second kappa shape index (κ2) is 5.70. The van der Waals surface area contributed by atoms with Gasteiger partial charge in [-0.3, -0.25) is 0 Å². The van der Waals surface area contributed by atoms with Crippen molar-refractivity contribution < 1.29 is 5.11 Å². The zero-order valence-electron chi connectivity index (χ0n) is 10.3. The molecule has 1 aromatic carbocycles. The summed E-state index contributed by atoms with van der Waals surface area (Å²) in [6.07, 6.45) is 0. The van der Waals surface area contributed by atoms with Crippen LogP contribution in [0, 0.1) is 29.6 Å². The average Bonchev–Trinajstić information content (AvgIpc) is 2.75. The minimum absolute atomic E-state index is 0.0398. The predicted octanol–water partition coefficient (Wildman–Crippen LogP) is 4.57. The SMILES string of the molecule is Cc1c(C#N)sc(N=Nc2ccc(O)c(Cl)c2)c1C#N. The summed E-state index contributed by atoms with van der Waals surface area (Å²) in [5, 5.41) is 35.8. The van der Waals surface area contributed by atoms with Crippen LogP contribution in [0.5, 0.6) is 5.75 Å². The summed E-state index contributed by atoms with van der Waals surface area (Å²) in [6, 6.07) is 8.44. The molecule has 1 N–H and O–H groups in total. The van der Waals surface area contributed by atoms with E-state index in [1.54, 1.807) is 13.0 Å². The third-order valence-electron chi connectivity index (χ3n) is 2.53. The summed E-state index contributed by atoms with van der Waals surface area (Å²) in [5.41, 5.74) is 1.40. The Labute approximate surface area is 124 Å². The van der Waals surface area contributed by atoms with Gasteiger partial charge in [-0.25, -0.2) is 0 Å². The van der Waals surface area contributed by atoms with E-state index < -0.39 is 0 Å². The molecule has 2 rings (SSSR count). The lowest BCUT2D eigenvalue weighted by Gasteiger charge is -1.96. The van der Waals surface area contributed by atoms with E-state index in [1.807, 2.05) is 12.1 Å². The van der Waals surface area contributed by atoms with Crippen LogP contribution < -0.4 is 0 Å². The summed E-state index contributed by atoms with van der Waals surface area (Å²) in [7, 11) is 0. The number of nitrogens with zero attached hydrogens (tertiary/aromatic N) is 4. The van der Waals surface area contributed by atoms with Gasteiger partial charge in [0.15, 0.2) is 5.00 Å². The van der Waals surface area contributed by atoms with Crippen molar-refractivity contribution in [2.45, 2.75) is 6.92 Å². The van der Waals surface area contributed by atoms with Crippen LogP contribution in [-0.2, 0) is 0 Å². The van der Waals surface area contributed by atoms with E-state index in [0.717, 1.165) is 11.3 Å². The van der Waals surface area contributed by atoms with Gasteiger partial charge in [-0.15, -0.1) is 21.6 Å². The summed E-state index contributed by atoms with van der Waals surface area (Å²) in [4.78, 5) is 0.444. The topological polar surface area (TPSA) is 92.5 Å². The first-order chi connectivity index (χ1) is 9.56. The predicted molar refractivity (Wildman–Crippen MR) is 75.8 cm³/mol. The van der Waals surface area contributed by atoms with Gasteiger partial charge < -0.3 is 5.11 Å². The number of benzene rings is 1. The standard InChI is InChI=1S/C13H7ClN4OS/c1-7-9(5-15)13(20-12(7)6-16)18-17-8-2-3-11(19)10(14)4-8/h2-4,19H,1H3. The first-order valence-electron chi connectivity index (χ1n) is 5.40. The van der Waals surface area contributed by atoms with Crippen LogP contribution in [0.3, 0.4) is 0 Å². The Morgan fingerprint density at radius 3 is 2.60 bits per heavy atom. The first-order valence-corrected chi connectivity index (χ1v) is 6.60. The Bertz CT molecular complexity index is 783. The summed E-state index contributed by atoms with van der Waals surface area (Å²) < 4.78 is 0. The molecule has 98 valence electrons. The van der Waals surface area contributed by atoms with Crippen LogP contribution >= 0.6 is 22.9 Å². The Morgan fingerprint density at radius 1 is 1.25 bits per heavy atom. The number of phenols is 1. The zero-order chi connectivity index (χ0) is 14.7. The van der Waals surface area contributed by atoms with Gasteiger partial charge >= 0.3 is 0 Å². The molecule has 0 fully saturated rings. The number of aromatic hydroxyl groups is 1. The lowest BCUT2D eigenvalue weighted by atomic mass is 10.2. The Balaban J connectivity index is 2.39. The van der Waals surface area contributed by atoms with Crippen molar-refractivity contribution in [1.82, 2.24) is 0 Å². The Morgan fingerprint density at radius 2 is 2.00 bits per heavy atom. The third-order valence-corrected chi connectivity index (χ3v) is 3.91. The Kier molecular flexibility index (Phi) is 3.99. The summed E-state index contributed by atoms with van der Waals surface area (Å²) in [6.45, 7) is 1.70. The monoisotopic (exact) mass is 302 g/mol. The van der Waals surface area contributed by atoms with Crippen molar-refractivity contribution >= 4 is 33.6 Å². The smallest absolute Gasteiger partial charge is 0.158 e. The molecular formula is C13H7ClN4OS. The molecule has 7 heteroatoms. The molecule has 0 aliphatic carbocycles. The largest absolute Gasteiger partial charge is 0.506 e. The van der Waals surface area contributed by atoms with E-state index in [0.29, 0.717) is 26.7 Å². The first kappa shape index (κ1) is 14.0. The molecule has 20 heavy (non-hydrogen) atoms. The van der Waals surface area contributed by atoms with Crippen LogP contribution in [0.25, 0.3) is 0 Å². The van der Waals surface area contributed by atoms with Crippen molar-refractivity contribution in [3.05, 3.63) is 39.2 Å². The van der Waals surface area contributed by atoms with Gasteiger partial charge in [0.2, 0.25) is 0 Å². The molecule has 0 aliphatic rings. The molecular weight excluding hydrogens is 296 g/mol. The van der Waals surface area contributed by atoms with Crippen molar-refractivity contribution in [3.63, 3.8) is 0 Å². The molecule has 0 unspecified atom stereocenters. The van der Waals surface area contributed by atoms with Crippen LogP contribution in [0.4, 0.5) is 10.7 Å². The molecule has 0 bridgehead atoms. The van der Waals surface area contributed by atoms with Crippen molar-refractivity contribution in [1.29, 1.82) is 10.5 Å². The van der Waals surface area contributed by atoms with Crippen LogP contribution in [0.1, 0.15) is 16.0 Å². The van der Waals surface area contributed by atoms with E-state index in [-0.39, 0.29) is 10.8 Å². The Hall–Kier alpha value is -2.41. The molecule has 1 heterocycles. The van der Waals surface area contributed by atoms with Gasteiger partial charge in [-0.1, -0.05) is 11.6 Å². The quantitative estimate of drug-likeness (QED) is 0.823. The number of nitriles is 2. The average molecular weight is 303 g/mol. The fourth-order valence-corrected chi connectivity index (χ4v) is 2.52. The molecule has 0 aliphatic heterocycles. The van der Waals surface area contributed by atoms with Crippen LogP contribution in [0.15, 0.2) is 28.4 Å². The number of halogens is 1. The van der Waals surface area contributed by atoms with Crippen molar-refractivity contribution in [2.24, 2.45) is 10.2 Å². The molecule has 0 atom stereocenters. The van der Waals surface area contributed by atoms with Gasteiger partial charge in [-0.05, 0) is 30.7 Å². The van der Waals surface area contributed by atoms with Gasteiger partial charge in [0.1, 0.15) is 22.8 Å². The maximum Gasteiger partial charge on any atom is 0.158 e. The maximum atomic E-state index is 9.30. The maximum absolute atomic E-state index is 9.30. The normalized spacial score (nSPS) is 10.4. The minimum atomic E-state index is -0.0398.